The fourth-order valence-corrected chi connectivity index (χ4v) is 0.911. The van der Waals surface area contributed by atoms with Crippen LogP contribution in [0.25, 0.3) is 0 Å². The molecule has 0 aliphatic rings. The van der Waals surface area contributed by atoms with Crippen LogP contribution in [0.4, 0.5) is 0 Å². The highest BCUT2D eigenvalue weighted by molar-refractivity contribution is 5.75. The lowest BCUT2D eigenvalue weighted by Crippen LogP contribution is -2.31. The zero-order valence-electron chi connectivity index (χ0n) is 7.53. The second-order valence-corrected chi connectivity index (χ2v) is 2.54. The van der Waals surface area contributed by atoms with E-state index in [1.807, 2.05) is 0 Å². The fourth-order valence-electron chi connectivity index (χ4n) is 0.911. The minimum atomic E-state index is -0.608. The predicted octanol–water partition coefficient (Wildman–Crippen LogP) is -0.719. The standard InChI is InChI=1S/C7H11N3O3/c1-3-8-6(11)4-10-5(2)9-13-7(10)12/h3-4H2,1-2H3,(H,8,11). The molecule has 0 atom stereocenters. The number of carbonyl (C=O) groups excluding carboxylic acids is 1. The first-order valence-electron chi connectivity index (χ1n) is 3.95. The highest BCUT2D eigenvalue weighted by Gasteiger charge is 2.09. The molecule has 0 aliphatic heterocycles. The van der Waals surface area contributed by atoms with Crippen LogP contribution in [-0.2, 0) is 11.3 Å². The smallest absolute Gasteiger partial charge is 0.355 e. The van der Waals surface area contributed by atoms with E-state index in [-0.39, 0.29) is 12.5 Å². The third-order valence-electron chi connectivity index (χ3n) is 1.54. The summed E-state index contributed by atoms with van der Waals surface area (Å²) in [4.78, 5) is 22.0. The lowest BCUT2D eigenvalue weighted by atomic mass is 10.5. The van der Waals surface area contributed by atoms with Crippen LogP contribution >= 0.6 is 0 Å². The van der Waals surface area contributed by atoms with Crippen molar-refractivity contribution in [3.05, 3.63) is 16.4 Å². The number of rotatable bonds is 3. The predicted molar refractivity (Wildman–Crippen MR) is 44.2 cm³/mol. The van der Waals surface area contributed by atoms with E-state index in [0.717, 1.165) is 0 Å². The number of aryl methyl sites for hydroxylation is 1. The summed E-state index contributed by atoms with van der Waals surface area (Å²) in [7, 11) is 0. The lowest BCUT2D eigenvalue weighted by Gasteiger charge is -2.01. The Hall–Kier alpha value is -1.59. The van der Waals surface area contributed by atoms with Crippen LogP contribution in [-0.4, -0.2) is 22.2 Å². The SMILES string of the molecule is CCNC(=O)Cn1c(C)noc1=O. The van der Waals surface area contributed by atoms with E-state index in [1.165, 1.54) is 4.57 Å². The van der Waals surface area contributed by atoms with Gasteiger partial charge in [-0.1, -0.05) is 5.16 Å². The Labute approximate surface area is 74.5 Å². The average Bonchev–Trinajstić information content (AvgIpc) is 2.36. The van der Waals surface area contributed by atoms with E-state index in [4.69, 9.17) is 0 Å². The number of aromatic nitrogens is 2. The summed E-state index contributed by atoms with van der Waals surface area (Å²) in [6.07, 6.45) is 0. The summed E-state index contributed by atoms with van der Waals surface area (Å²) in [5, 5.41) is 5.99. The van der Waals surface area contributed by atoms with Crippen molar-refractivity contribution in [1.29, 1.82) is 0 Å². The van der Waals surface area contributed by atoms with Gasteiger partial charge >= 0.3 is 5.76 Å². The average molecular weight is 185 g/mol. The quantitative estimate of drug-likeness (QED) is 0.674. The molecule has 0 bridgehead atoms. The van der Waals surface area contributed by atoms with Gasteiger partial charge < -0.3 is 5.32 Å². The monoisotopic (exact) mass is 185 g/mol. The van der Waals surface area contributed by atoms with E-state index in [1.54, 1.807) is 13.8 Å². The van der Waals surface area contributed by atoms with Crippen LogP contribution in [0.15, 0.2) is 9.32 Å². The molecule has 0 saturated carbocycles. The van der Waals surface area contributed by atoms with Gasteiger partial charge in [0.2, 0.25) is 5.91 Å². The van der Waals surface area contributed by atoms with E-state index in [0.29, 0.717) is 12.4 Å². The Bertz CT molecular complexity index is 352. The summed E-state index contributed by atoms with van der Waals surface area (Å²) in [6.45, 7) is 3.91. The number of likely N-dealkylation sites (N-methyl/N-ethyl adjacent to an activating group) is 1. The van der Waals surface area contributed by atoms with Gasteiger partial charge in [0.1, 0.15) is 6.54 Å². The van der Waals surface area contributed by atoms with E-state index < -0.39 is 5.76 Å². The van der Waals surface area contributed by atoms with Gasteiger partial charge in [0, 0.05) is 6.54 Å². The van der Waals surface area contributed by atoms with E-state index in [9.17, 15) is 9.59 Å². The zero-order chi connectivity index (χ0) is 9.84. The molecule has 6 nitrogen and oxygen atoms in total. The Morgan fingerprint density at radius 1 is 1.69 bits per heavy atom. The third kappa shape index (κ3) is 2.17. The van der Waals surface area contributed by atoms with Crippen LogP contribution in [0.1, 0.15) is 12.7 Å². The molecular weight excluding hydrogens is 174 g/mol. The maximum absolute atomic E-state index is 11.1. The van der Waals surface area contributed by atoms with Gasteiger partial charge in [-0.05, 0) is 13.8 Å². The molecule has 0 spiro atoms. The maximum Gasteiger partial charge on any atom is 0.442 e. The van der Waals surface area contributed by atoms with Gasteiger partial charge in [0.05, 0.1) is 0 Å². The van der Waals surface area contributed by atoms with Crippen LogP contribution in [0.2, 0.25) is 0 Å². The number of nitrogens with zero attached hydrogens (tertiary/aromatic N) is 2. The third-order valence-corrected chi connectivity index (χ3v) is 1.54. The molecule has 1 amide bonds. The number of carbonyl (C=O) groups is 1. The molecule has 1 aromatic heterocycles. The van der Waals surface area contributed by atoms with Crippen LogP contribution in [0.3, 0.4) is 0 Å². The van der Waals surface area contributed by atoms with Crippen molar-refractivity contribution in [3.63, 3.8) is 0 Å². The van der Waals surface area contributed by atoms with Gasteiger partial charge in [-0.2, -0.15) is 0 Å². The molecule has 1 aromatic rings. The summed E-state index contributed by atoms with van der Waals surface area (Å²) in [6, 6.07) is 0. The van der Waals surface area contributed by atoms with Crippen molar-refractivity contribution in [2.75, 3.05) is 6.54 Å². The van der Waals surface area contributed by atoms with Gasteiger partial charge in [-0.3, -0.25) is 13.9 Å². The molecule has 0 radical (unpaired) electrons. The molecule has 0 aromatic carbocycles. The Morgan fingerprint density at radius 2 is 2.38 bits per heavy atom. The fraction of sp³-hybridized carbons (Fsp3) is 0.571. The van der Waals surface area contributed by atoms with Crippen molar-refractivity contribution in [2.45, 2.75) is 20.4 Å². The highest BCUT2D eigenvalue weighted by Crippen LogP contribution is 1.88. The topological polar surface area (TPSA) is 77.1 Å². The maximum atomic E-state index is 11.1. The first-order chi connectivity index (χ1) is 6.15. The molecule has 0 unspecified atom stereocenters. The van der Waals surface area contributed by atoms with Gasteiger partial charge in [-0.15, -0.1) is 0 Å². The molecule has 1 rings (SSSR count). The van der Waals surface area contributed by atoms with Crippen molar-refractivity contribution in [3.8, 4) is 0 Å². The first-order valence-corrected chi connectivity index (χ1v) is 3.95. The molecule has 1 N–H and O–H groups in total. The van der Waals surface area contributed by atoms with E-state index in [2.05, 4.69) is 15.0 Å². The van der Waals surface area contributed by atoms with Crippen LogP contribution in [0, 0.1) is 6.92 Å². The molecule has 72 valence electrons. The van der Waals surface area contributed by atoms with Gasteiger partial charge in [-0.25, -0.2) is 4.79 Å². The summed E-state index contributed by atoms with van der Waals surface area (Å²) < 4.78 is 5.52. The molecule has 0 aliphatic carbocycles. The highest BCUT2D eigenvalue weighted by atomic mass is 16.5. The van der Waals surface area contributed by atoms with Crippen LogP contribution in [0.5, 0.6) is 0 Å². The molecule has 0 fully saturated rings. The summed E-state index contributed by atoms with van der Waals surface area (Å²) in [5.41, 5.74) is 0. The minimum Gasteiger partial charge on any atom is -0.355 e. The molecular formula is C7H11N3O3. The number of hydrogen-bond donors (Lipinski definition) is 1. The largest absolute Gasteiger partial charge is 0.442 e. The van der Waals surface area contributed by atoms with Crippen molar-refractivity contribution >= 4 is 5.91 Å². The first kappa shape index (κ1) is 9.50. The molecule has 13 heavy (non-hydrogen) atoms. The Morgan fingerprint density at radius 3 is 2.85 bits per heavy atom. The molecule has 1 heterocycles. The summed E-state index contributed by atoms with van der Waals surface area (Å²) in [5.74, 6) is -0.434. The Kier molecular flexibility index (Phi) is 2.84. The van der Waals surface area contributed by atoms with E-state index >= 15 is 0 Å². The minimum absolute atomic E-state index is 0.0397. The lowest BCUT2D eigenvalue weighted by molar-refractivity contribution is -0.121. The number of nitrogens with one attached hydrogen (secondary N) is 1. The van der Waals surface area contributed by atoms with Crippen molar-refractivity contribution in [2.24, 2.45) is 0 Å². The summed E-state index contributed by atoms with van der Waals surface area (Å²) >= 11 is 0. The molecule has 6 heteroatoms. The second kappa shape index (κ2) is 3.88. The molecule has 0 saturated heterocycles. The van der Waals surface area contributed by atoms with Crippen molar-refractivity contribution in [1.82, 2.24) is 15.0 Å². The zero-order valence-corrected chi connectivity index (χ0v) is 7.53. The van der Waals surface area contributed by atoms with Gasteiger partial charge in [0.25, 0.3) is 0 Å². The second-order valence-electron chi connectivity index (χ2n) is 2.54. The van der Waals surface area contributed by atoms with Crippen molar-refractivity contribution < 1.29 is 9.32 Å². The van der Waals surface area contributed by atoms with Gasteiger partial charge in [0.15, 0.2) is 5.82 Å². The van der Waals surface area contributed by atoms with Crippen LogP contribution < -0.4 is 11.1 Å². The number of amides is 1. The normalized spacial score (nSPS) is 10.0. The number of hydrogen-bond acceptors (Lipinski definition) is 4. The Balaban J connectivity index is 2.74.